The summed E-state index contributed by atoms with van der Waals surface area (Å²) in [5.74, 6) is 1.03. The van der Waals surface area contributed by atoms with Gasteiger partial charge in [0.25, 0.3) is 11.8 Å². The van der Waals surface area contributed by atoms with Crippen LogP contribution >= 0.6 is 0 Å². The topological polar surface area (TPSA) is 81.1 Å². The van der Waals surface area contributed by atoms with Gasteiger partial charge in [0.2, 0.25) is 0 Å². The van der Waals surface area contributed by atoms with E-state index in [2.05, 4.69) is 20.0 Å². The molecule has 2 aromatic heterocycles. The second-order valence-electron chi connectivity index (χ2n) is 4.74. The molecule has 0 bridgehead atoms. The van der Waals surface area contributed by atoms with Crippen LogP contribution in [0.1, 0.15) is 25.7 Å². The summed E-state index contributed by atoms with van der Waals surface area (Å²) in [5, 5.41) is 4.04. The van der Waals surface area contributed by atoms with Crippen molar-refractivity contribution in [3.05, 3.63) is 18.3 Å². The van der Waals surface area contributed by atoms with Crippen LogP contribution < -0.4 is 10.6 Å². The van der Waals surface area contributed by atoms with E-state index < -0.39 is 0 Å². The summed E-state index contributed by atoms with van der Waals surface area (Å²) in [5.41, 5.74) is 6.96. The van der Waals surface area contributed by atoms with E-state index >= 15 is 0 Å². The number of hydrogen-bond acceptors (Lipinski definition) is 6. The Balaban J connectivity index is 1.85. The normalized spacial score (nSPS) is 16.3. The summed E-state index contributed by atoms with van der Waals surface area (Å²) in [6.45, 7) is 1.97. The Kier molecular flexibility index (Phi) is 3.31. The highest BCUT2D eigenvalue weighted by molar-refractivity contribution is 5.65. The van der Waals surface area contributed by atoms with Gasteiger partial charge in [-0.2, -0.15) is 4.98 Å². The summed E-state index contributed by atoms with van der Waals surface area (Å²) in [4.78, 5) is 10.8. The van der Waals surface area contributed by atoms with Gasteiger partial charge in [0.15, 0.2) is 5.69 Å². The lowest BCUT2D eigenvalue weighted by Crippen LogP contribution is -2.24. The molecule has 1 saturated heterocycles. The van der Waals surface area contributed by atoms with Crippen LogP contribution in [0.15, 0.2) is 22.9 Å². The minimum atomic E-state index is 0.386. The van der Waals surface area contributed by atoms with Gasteiger partial charge in [-0.25, -0.2) is 4.98 Å². The lowest BCUT2D eigenvalue weighted by molar-refractivity contribution is 0.428. The van der Waals surface area contributed by atoms with Crippen LogP contribution in [0.5, 0.6) is 0 Å². The first-order valence-corrected chi connectivity index (χ1v) is 6.64. The van der Waals surface area contributed by atoms with Gasteiger partial charge < -0.3 is 15.2 Å². The Morgan fingerprint density at radius 1 is 1.16 bits per heavy atom. The molecule has 1 aliphatic heterocycles. The van der Waals surface area contributed by atoms with Gasteiger partial charge in [0.05, 0.1) is 5.69 Å². The number of nitrogen functional groups attached to an aromatic ring is 1. The zero-order valence-electron chi connectivity index (χ0n) is 10.7. The van der Waals surface area contributed by atoms with Crippen LogP contribution in [-0.2, 0) is 0 Å². The van der Waals surface area contributed by atoms with Crippen LogP contribution in [0.25, 0.3) is 11.6 Å². The summed E-state index contributed by atoms with van der Waals surface area (Å²) in [6.07, 6.45) is 6.56. The molecule has 6 nitrogen and oxygen atoms in total. The molecule has 19 heavy (non-hydrogen) atoms. The molecule has 0 aliphatic carbocycles. The van der Waals surface area contributed by atoms with Crippen molar-refractivity contribution in [1.29, 1.82) is 0 Å². The predicted molar refractivity (Wildman–Crippen MR) is 72.6 cm³/mol. The molecule has 3 rings (SSSR count). The molecule has 0 saturated carbocycles. The molecular formula is C13H17N5O. The summed E-state index contributed by atoms with van der Waals surface area (Å²) in [7, 11) is 0. The minimum absolute atomic E-state index is 0.386. The molecular weight excluding hydrogens is 242 g/mol. The van der Waals surface area contributed by atoms with Gasteiger partial charge in [0.1, 0.15) is 0 Å². The monoisotopic (exact) mass is 259 g/mol. The first-order chi connectivity index (χ1) is 9.34. The zero-order valence-corrected chi connectivity index (χ0v) is 10.7. The third kappa shape index (κ3) is 2.52. The molecule has 0 aromatic carbocycles. The van der Waals surface area contributed by atoms with Crippen molar-refractivity contribution in [1.82, 2.24) is 15.1 Å². The van der Waals surface area contributed by atoms with Gasteiger partial charge in [-0.15, -0.1) is 0 Å². The van der Waals surface area contributed by atoms with E-state index in [1.807, 2.05) is 0 Å². The molecule has 0 radical (unpaired) electrons. The van der Waals surface area contributed by atoms with E-state index in [1.54, 1.807) is 18.3 Å². The summed E-state index contributed by atoms with van der Waals surface area (Å²) >= 11 is 0. The number of hydrogen-bond donors (Lipinski definition) is 1. The highest BCUT2D eigenvalue weighted by Gasteiger charge is 2.18. The van der Waals surface area contributed by atoms with Gasteiger partial charge in [-0.05, 0) is 30.1 Å². The molecule has 0 unspecified atom stereocenters. The third-order valence-electron chi connectivity index (χ3n) is 3.35. The van der Waals surface area contributed by atoms with Crippen molar-refractivity contribution >= 4 is 11.6 Å². The van der Waals surface area contributed by atoms with E-state index in [-0.39, 0.29) is 0 Å². The molecule has 1 aliphatic rings. The highest BCUT2D eigenvalue weighted by Crippen LogP contribution is 2.24. The van der Waals surface area contributed by atoms with E-state index in [9.17, 15) is 0 Å². The number of pyridine rings is 1. The maximum Gasteiger partial charge on any atom is 0.280 e. The van der Waals surface area contributed by atoms with Crippen molar-refractivity contribution in [3.63, 3.8) is 0 Å². The number of aromatic nitrogens is 3. The van der Waals surface area contributed by atoms with Crippen LogP contribution in [0.2, 0.25) is 0 Å². The molecule has 0 spiro atoms. The van der Waals surface area contributed by atoms with Gasteiger partial charge >= 0.3 is 0 Å². The molecule has 2 aromatic rings. The van der Waals surface area contributed by atoms with Crippen LogP contribution in [0, 0.1) is 0 Å². The second kappa shape index (κ2) is 5.26. The molecule has 2 N–H and O–H groups in total. The average molecular weight is 259 g/mol. The fourth-order valence-electron chi connectivity index (χ4n) is 2.31. The van der Waals surface area contributed by atoms with Crippen LogP contribution in [0.4, 0.5) is 11.6 Å². The average Bonchev–Trinajstić information content (AvgIpc) is 2.75. The maximum absolute atomic E-state index is 5.86. The molecule has 100 valence electrons. The Bertz CT molecular complexity index is 545. The third-order valence-corrected chi connectivity index (χ3v) is 3.35. The van der Waals surface area contributed by atoms with Crippen molar-refractivity contribution < 1.29 is 4.52 Å². The minimum Gasteiger partial charge on any atom is -0.397 e. The second-order valence-corrected chi connectivity index (χ2v) is 4.74. The van der Waals surface area contributed by atoms with Gasteiger partial charge in [-0.1, -0.05) is 12.8 Å². The number of anilines is 2. The Morgan fingerprint density at radius 2 is 1.95 bits per heavy atom. The molecule has 0 atom stereocenters. The van der Waals surface area contributed by atoms with Crippen molar-refractivity contribution in [2.45, 2.75) is 25.7 Å². The van der Waals surface area contributed by atoms with Crippen molar-refractivity contribution in [3.8, 4) is 11.6 Å². The quantitative estimate of drug-likeness (QED) is 0.889. The molecule has 1 fully saturated rings. The van der Waals surface area contributed by atoms with Gasteiger partial charge in [-0.3, -0.25) is 0 Å². The lowest BCUT2D eigenvalue weighted by Gasteiger charge is -2.16. The Hall–Kier alpha value is -2.11. The largest absolute Gasteiger partial charge is 0.397 e. The Labute approximate surface area is 111 Å². The highest BCUT2D eigenvalue weighted by atomic mass is 16.5. The maximum atomic E-state index is 5.86. The fraction of sp³-hybridized carbons (Fsp3) is 0.462. The van der Waals surface area contributed by atoms with Crippen molar-refractivity contribution in [2.75, 3.05) is 23.7 Å². The number of nitrogens with two attached hydrogens (primary N) is 1. The predicted octanol–water partition coefficient (Wildman–Crippen LogP) is 2.09. The molecule has 3 heterocycles. The van der Waals surface area contributed by atoms with E-state index in [0.717, 1.165) is 13.1 Å². The van der Waals surface area contributed by atoms with E-state index in [1.165, 1.54) is 25.7 Å². The zero-order chi connectivity index (χ0) is 13.1. The first kappa shape index (κ1) is 12.0. The fourth-order valence-corrected chi connectivity index (χ4v) is 2.31. The van der Waals surface area contributed by atoms with Crippen LogP contribution in [-0.4, -0.2) is 28.2 Å². The SMILES string of the molecule is Nc1cccnc1-c1nc(N2CCCCCC2)no1. The number of nitrogens with zero attached hydrogens (tertiary/aromatic N) is 4. The smallest absolute Gasteiger partial charge is 0.280 e. The lowest BCUT2D eigenvalue weighted by atomic mass is 10.2. The molecule has 0 amide bonds. The van der Waals surface area contributed by atoms with Crippen molar-refractivity contribution in [2.24, 2.45) is 0 Å². The summed E-state index contributed by atoms with van der Waals surface area (Å²) < 4.78 is 5.28. The Morgan fingerprint density at radius 3 is 2.68 bits per heavy atom. The van der Waals surface area contributed by atoms with Crippen LogP contribution in [0.3, 0.4) is 0 Å². The molecule has 6 heteroatoms. The number of rotatable bonds is 2. The standard InChI is InChI=1S/C13H17N5O/c14-10-6-5-7-15-11(10)12-16-13(17-19-12)18-8-3-1-2-4-9-18/h5-7H,1-4,8-9,14H2. The van der Waals surface area contributed by atoms with E-state index in [4.69, 9.17) is 10.3 Å². The summed E-state index contributed by atoms with van der Waals surface area (Å²) in [6, 6.07) is 3.56. The first-order valence-electron chi connectivity index (χ1n) is 6.64. The van der Waals surface area contributed by atoms with E-state index in [0.29, 0.717) is 23.2 Å². The van der Waals surface area contributed by atoms with Gasteiger partial charge in [0, 0.05) is 19.3 Å².